The molecule has 0 aromatic heterocycles. The molecule has 0 aliphatic heterocycles. The van der Waals surface area contributed by atoms with Gasteiger partial charge < -0.3 is 0 Å². The number of halogens is 2. The summed E-state index contributed by atoms with van der Waals surface area (Å²) in [7, 11) is 0. The second-order valence-electron chi connectivity index (χ2n) is 5.33. The van der Waals surface area contributed by atoms with Crippen LogP contribution >= 0.6 is 31.9 Å². The van der Waals surface area contributed by atoms with Gasteiger partial charge in [0.05, 0.1) is 13.1 Å². The van der Waals surface area contributed by atoms with Gasteiger partial charge in [0.2, 0.25) is 0 Å². The molecule has 1 aliphatic carbocycles. The van der Waals surface area contributed by atoms with Gasteiger partial charge in [-0.15, -0.1) is 0 Å². The molecule has 0 radical (unpaired) electrons. The number of hydrogen-bond acceptors (Lipinski definition) is 4. The molecular weight excluding hydrogens is 432 g/mol. The summed E-state index contributed by atoms with van der Waals surface area (Å²) in [5.74, 6) is 0.175. The lowest BCUT2D eigenvalue weighted by Crippen LogP contribution is -1.91. The monoisotopic (exact) mass is 440 g/mol. The topological polar surface area (TPSA) is 86.3 Å². The third kappa shape index (κ3) is 2.88. The smallest absolute Gasteiger partial charge is 0.258 e. The van der Waals surface area contributed by atoms with Gasteiger partial charge >= 0.3 is 0 Å². The molecule has 23 heavy (non-hydrogen) atoms. The van der Waals surface area contributed by atoms with Crippen molar-refractivity contribution in [3.05, 3.63) is 79.9 Å². The third-order valence-electron chi connectivity index (χ3n) is 3.98. The highest BCUT2D eigenvalue weighted by molar-refractivity contribution is 9.25. The zero-order valence-corrected chi connectivity index (χ0v) is 14.7. The number of nitro groups is 2. The Bertz CT molecular complexity index is 710. The van der Waals surface area contributed by atoms with Crippen molar-refractivity contribution in [1.82, 2.24) is 0 Å². The van der Waals surface area contributed by atoms with Gasteiger partial charge in [0.25, 0.3) is 11.4 Å². The number of non-ortho nitro benzene ring substituents is 2. The standard InChI is InChI=1S/C15H10Br2N2O4/c16-15(17)13(9-1-5-11(6-2-9)18(20)21)14(15)10-3-7-12(8-4-10)19(22)23/h1-8,13-14H. The first kappa shape index (κ1) is 16.1. The lowest BCUT2D eigenvalue weighted by Gasteiger charge is -2.00. The van der Waals surface area contributed by atoms with Gasteiger partial charge in [-0.05, 0) is 11.1 Å². The van der Waals surface area contributed by atoms with E-state index in [9.17, 15) is 20.2 Å². The van der Waals surface area contributed by atoms with Crippen LogP contribution in [0.4, 0.5) is 11.4 Å². The number of hydrogen-bond donors (Lipinski definition) is 0. The summed E-state index contributed by atoms with van der Waals surface area (Å²) >= 11 is 7.27. The molecule has 0 N–H and O–H groups in total. The van der Waals surface area contributed by atoms with Crippen LogP contribution in [0.5, 0.6) is 0 Å². The molecule has 0 amide bonds. The van der Waals surface area contributed by atoms with Crippen molar-refractivity contribution in [3.8, 4) is 0 Å². The Morgan fingerprint density at radius 2 is 1.04 bits per heavy atom. The maximum Gasteiger partial charge on any atom is 0.269 e. The van der Waals surface area contributed by atoms with Crippen molar-refractivity contribution in [3.63, 3.8) is 0 Å². The molecule has 0 saturated heterocycles. The largest absolute Gasteiger partial charge is 0.269 e. The predicted molar refractivity (Wildman–Crippen MR) is 92.3 cm³/mol. The lowest BCUT2D eigenvalue weighted by molar-refractivity contribution is -0.385. The molecular formula is C15H10Br2N2O4. The maximum absolute atomic E-state index is 10.7. The second kappa shape index (κ2) is 5.68. The summed E-state index contributed by atoms with van der Waals surface area (Å²) in [6.07, 6.45) is 0. The van der Waals surface area contributed by atoms with Crippen LogP contribution in [0.1, 0.15) is 23.0 Å². The fourth-order valence-corrected chi connectivity index (χ4v) is 4.61. The van der Waals surface area contributed by atoms with Crippen LogP contribution < -0.4 is 0 Å². The number of nitrogens with zero attached hydrogens (tertiary/aromatic N) is 2. The van der Waals surface area contributed by atoms with Gasteiger partial charge in [0.15, 0.2) is 0 Å². The van der Waals surface area contributed by atoms with Crippen LogP contribution in [0.3, 0.4) is 0 Å². The van der Waals surface area contributed by atoms with Crippen molar-refractivity contribution in [2.24, 2.45) is 0 Å². The zero-order chi connectivity index (χ0) is 16.8. The van der Waals surface area contributed by atoms with E-state index in [0.717, 1.165) is 11.1 Å². The van der Waals surface area contributed by atoms with Gasteiger partial charge in [-0.3, -0.25) is 20.2 Å². The number of benzene rings is 2. The summed E-state index contributed by atoms with van der Waals surface area (Å²) in [5.41, 5.74) is 2.03. The number of alkyl halides is 2. The molecule has 6 nitrogen and oxygen atoms in total. The molecule has 1 fully saturated rings. The van der Waals surface area contributed by atoms with Gasteiger partial charge in [-0.2, -0.15) is 0 Å². The summed E-state index contributed by atoms with van der Waals surface area (Å²) in [6.45, 7) is 0. The fraction of sp³-hybridized carbons (Fsp3) is 0.200. The molecule has 0 bridgehead atoms. The quantitative estimate of drug-likeness (QED) is 0.384. The van der Waals surface area contributed by atoms with Crippen molar-refractivity contribution >= 4 is 43.2 Å². The highest BCUT2D eigenvalue weighted by Crippen LogP contribution is 2.72. The van der Waals surface area contributed by atoms with Crippen LogP contribution in [-0.2, 0) is 0 Å². The molecule has 118 valence electrons. The van der Waals surface area contributed by atoms with Crippen molar-refractivity contribution in [2.45, 2.75) is 15.1 Å². The summed E-state index contributed by atoms with van der Waals surface area (Å²) < 4.78 is -0.355. The lowest BCUT2D eigenvalue weighted by atomic mass is 10.0. The van der Waals surface area contributed by atoms with E-state index >= 15 is 0 Å². The molecule has 1 saturated carbocycles. The van der Waals surface area contributed by atoms with Crippen molar-refractivity contribution in [1.29, 1.82) is 0 Å². The Balaban J connectivity index is 1.87. The van der Waals surface area contributed by atoms with Gasteiger partial charge in [-0.1, -0.05) is 56.1 Å². The molecule has 2 atom stereocenters. The Labute approximate surface area is 148 Å². The van der Waals surface area contributed by atoms with Crippen LogP contribution in [0, 0.1) is 20.2 Å². The summed E-state index contributed by atoms with van der Waals surface area (Å²) in [5, 5.41) is 21.5. The molecule has 1 aliphatic rings. The van der Waals surface area contributed by atoms with E-state index in [1.165, 1.54) is 24.3 Å². The van der Waals surface area contributed by atoms with E-state index in [0.29, 0.717) is 0 Å². The predicted octanol–water partition coefficient (Wildman–Crippen LogP) is 4.87. The SMILES string of the molecule is O=[N+]([O-])c1ccc(C2C(c3ccc([N+](=O)[O-])cc3)C2(Br)Br)cc1. The van der Waals surface area contributed by atoms with E-state index in [4.69, 9.17) is 0 Å². The molecule has 8 heteroatoms. The Hall–Kier alpha value is -1.80. The molecule has 2 aromatic rings. The fourth-order valence-electron chi connectivity index (χ4n) is 2.76. The van der Waals surface area contributed by atoms with E-state index < -0.39 is 9.85 Å². The Morgan fingerprint density at radius 3 is 1.30 bits per heavy atom. The molecule has 2 unspecified atom stereocenters. The minimum absolute atomic E-state index is 0.0519. The Kier molecular flexibility index (Phi) is 3.97. The Morgan fingerprint density at radius 1 is 0.739 bits per heavy atom. The van der Waals surface area contributed by atoms with Gasteiger partial charge in [0.1, 0.15) is 0 Å². The molecule has 0 heterocycles. The van der Waals surface area contributed by atoms with Crippen LogP contribution in [0.2, 0.25) is 0 Å². The van der Waals surface area contributed by atoms with Crippen LogP contribution in [0.25, 0.3) is 0 Å². The third-order valence-corrected chi connectivity index (χ3v) is 5.95. The van der Waals surface area contributed by atoms with Crippen molar-refractivity contribution < 1.29 is 9.85 Å². The normalized spacial score (nSPS) is 21.7. The number of rotatable bonds is 4. The minimum Gasteiger partial charge on any atom is -0.258 e. The van der Waals surface area contributed by atoms with Gasteiger partial charge in [-0.25, -0.2) is 0 Å². The number of nitro benzene ring substituents is 2. The van der Waals surface area contributed by atoms with Crippen molar-refractivity contribution in [2.75, 3.05) is 0 Å². The van der Waals surface area contributed by atoms with E-state index in [2.05, 4.69) is 31.9 Å². The average molecular weight is 442 g/mol. The highest BCUT2D eigenvalue weighted by Gasteiger charge is 2.63. The summed E-state index contributed by atoms with van der Waals surface area (Å²) in [4.78, 5) is 20.6. The first-order valence-corrected chi connectivity index (χ1v) is 8.27. The van der Waals surface area contributed by atoms with Crippen LogP contribution in [-0.4, -0.2) is 13.1 Å². The van der Waals surface area contributed by atoms with E-state index in [1.807, 2.05) is 0 Å². The first-order chi connectivity index (χ1) is 10.8. The minimum atomic E-state index is -0.431. The summed E-state index contributed by atoms with van der Waals surface area (Å²) in [6, 6.07) is 12.9. The molecule has 0 spiro atoms. The molecule has 2 aromatic carbocycles. The van der Waals surface area contributed by atoms with Gasteiger partial charge in [0, 0.05) is 36.1 Å². The zero-order valence-electron chi connectivity index (χ0n) is 11.6. The van der Waals surface area contributed by atoms with E-state index in [-0.39, 0.29) is 26.4 Å². The first-order valence-electron chi connectivity index (χ1n) is 6.69. The highest BCUT2D eigenvalue weighted by atomic mass is 79.9. The second-order valence-corrected chi connectivity index (χ2v) is 9.02. The average Bonchev–Trinajstić information content (AvgIpc) is 3.09. The van der Waals surface area contributed by atoms with E-state index in [1.54, 1.807) is 24.3 Å². The maximum atomic E-state index is 10.7. The van der Waals surface area contributed by atoms with Crippen LogP contribution in [0.15, 0.2) is 48.5 Å². The molecule has 3 rings (SSSR count).